The van der Waals surface area contributed by atoms with Crippen LogP contribution in [0, 0.1) is 0 Å². The summed E-state index contributed by atoms with van der Waals surface area (Å²) in [5, 5.41) is 6.01. The number of rotatable bonds is 7. The van der Waals surface area contributed by atoms with E-state index in [9.17, 15) is 4.79 Å². The summed E-state index contributed by atoms with van der Waals surface area (Å²) in [5.41, 5.74) is 2.90. The van der Waals surface area contributed by atoms with E-state index < -0.39 is 0 Å². The number of aryl methyl sites for hydroxylation is 1. The van der Waals surface area contributed by atoms with Gasteiger partial charge in [-0.2, -0.15) is 0 Å². The SMILES string of the molecule is CCc1ccc(NCC(=O)Nc2ccccc2OC(C)C)cc1. The van der Waals surface area contributed by atoms with E-state index >= 15 is 0 Å². The third kappa shape index (κ3) is 5.33. The Morgan fingerprint density at radius 1 is 1.09 bits per heavy atom. The Balaban J connectivity index is 1.91. The highest BCUT2D eigenvalue weighted by Gasteiger charge is 2.08. The van der Waals surface area contributed by atoms with Gasteiger partial charge in [0, 0.05) is 5.69 Å². The van der Waals surface area contributed by atoms with Crippen molar-refractivity contribution < 1.29 is 9.53 Å². The molecule has 0 unspecified atom stereocenters. The lowest BCUT2D eigenvalue weighted by Gasteiger charge is -2.15. The molecule has 2 aromatic carbocycles. The molecule has 2 aromatic rings. The van der Waals surface area contributed by atoms with Gasteiger partial charge >= 0.3 is 0 Å². The summed E-state index contributed by atoms with van der Waals surface area (Å²) in [4.78, 5) is 12.1. The summed E-state index contributed by atoms with van der Waals surface area (Å²) in [7, 11) is 0. The maximum Gasteiger partial charge on any atom is 0.243 e. The number of hydrogen-bond acceptors (Lipinski definition) is 3. The molecular formula is C19H24N2O2. The second kappa shape index (κ2) is 8.22. The molecule has 0 saturated heterocycles. The number of benzene rings is 2. The molecule has 0 spiro atoms. The van der Waals surface area contributed by atoms with Crippen molar-refractivity contribution in [1.29, 1.82) is 0 Å². The van der Waals surface area contributed by atoms with E-state index in [4.69, 9.17) is 4.74 Å². The minimum atomic E-state index is -0.107. The van der Waals surface area contributed by atoms with Gasteiger partial charge < -0.3 is 15.4 Å². The molecule has 1 amide bonds. The predicted molar refractivity (Wildman–Crippen MR) is 95.1 cm³/mol. The molecule has 2 rings (SSSR count). The zero-order valence-corrected chi connectivity index (χ0v) is 13.9. The Morgan fingerprint density at radius 3 is 2.43 bits per heavy atom. The van der Waals surface area contributed by atoms with E-state index in [1.807, 2.05) is 50.2 Å². The summed E-state index contributed by atoms with van der Waals surface area (Å²) in [6.07, 6.45) is 1.07. The minimum absolute atomic E-state index is 0.0586. The third-order valence-electron chi connectivity index (χ3n) is 3.34. The summed E-state index contributed by atoms with van der Waals surface area (Å²) >= 11 is 0. The number of carbonyl (C=O) groups excluding carboxylic acids is 1. The molecule has 4 heteroatoms. The number of ether oxygens (including phenoxy) is 1. The van der Waals surface area contributed by atoms with Crippen LogP contribution in [0.2, 0.25) is 0 Å². The van der Waals surface area contributed by atoms with Crippen LogP contribution in [-0.2, 0) is 11.2 Å². The molecule has 23 heavy (non-hydrogen) atoms. The standard InChI is InChI=1S/C19H24N2O2/c1-4-15-9-11-16(12-10-15)20-13-19(22)21-17-7-5-6-8-18(17)23-14(2)3/h5-12,14,20H,4,13H2,1-3H3,(H,21,22). The summed E-state index contributed by atoms with van der Waals surface area (Å²) in [6.45, 7) is 6.24. The molecule has 4 nitrogen and oxygen atoms in total. The van der Waals surface area contributed by atoms with Gasteiger partial charge in [-0.05, 0) is 50.1 Å². The average molecular weight is 312 g/mol. The molecule has 0 saturated carbocycles. The molecule has 122 valence electrons. The van der Waals surface area contributed by atoms with E-state index in [0.29, 0.717) is 11.4 Å². The highest BCUT2D eigenvalue weighted by molar-refractivity contribution is 5.95. The summed E-state index contributed by atoms with van der Waals surface area (Å²) in [6, 6.07) is 15.6. The van der Waals surface area contributed by atoms with Crippen molar-refractivity contribution in [1.82, 2.24) is 0 Å². The van der Waals surface area contributed by atoms with Gasteiger partial charge in [-0.1, -0.05) is 31.2 Å². The number of para-hydroxylation sites is 2. The Hall–Kier alpha value is -2.49. The van der Waals surface area contributed by atoms with Crippen molar-refractivity contribution in [2.24, 2.45) is 0 Å². The smallest absolute Gasteiger partial charge is 0.243 e. The first-order valence-corrected chi connectivity index (χ1v) is 7.97. The number of nitrogens with one attached hydrogen (secondary N) is 2. The Bertz CT molecular complexity index is 636. The maximum atomic E-state index is 12.1. The zero-order chi connectivity index (χ0) is 16.7. The lowest BCUT2D eigenvalue weighted by molar-refractivity contribution is -0.114. The molecule has 0 heterocycles. The molecule has 0 fully saturated rings. The molecule has 0 atom stereocenters. The molecule has 0 aliphatic rings. The van der Waals surface area contributed by atoms with E-state index in [2.05, 4.69) is 29.7 Å². The highest BCUT2D eigenvalue weighted by Crippen LogP contribution is 2.24. The fourth-order valence-corrected chi connectivity index (χ4v) is 2.16. The van der Waals surface area contributed by atoms with E-state index in [1.54, 1.807) is 0 Å². The minimum Gasteiger partial charge on any atom is -0.489 e. The van der Waals surface area contributed by atoms with Crippen LogP contribution in [0.5, 0.6) is 5.75 Å². The number of carbonyl (C=O) groups is 1. The molecule has 0 aliphatic carbocycles. The first kappa shape index (κ1) is 16.9. The Kier molecular flexibility index (Phi) is 6.03. The van der Waals surface area contributed by atoms with Crippen LogP contribution in [0.25, 0.3) is 0 Å². The lowest BCUT2D eigenvalue weighted by Crippen LogP contribution is -2.22. The van der Waals surface area contributed by atoms with Gasteiger partial charge in [-0.25, -0.2) is 0 Å². The number of hydrogen-bond donors (Lipinski definition) is 2. The second-order valence-corrected chi connectivity index (χ2v) is 5.61. The van der Waals surface area contributed by atoms with Crippen molar-refractivity contribution in [2.45, 2.75) is 33.3 Å². The van der Waals surface area contributed by atoms with Gasteiger partial charge in [0.1, 0.15) is 5.75 Å². The van der Waals surface area contributed by atoms with Crippen LogP contribution >= 0.6 is 0 Å². The van der Waals surface area contributed by atoms with Crippen LogP contribution in [-0.4, -0.2) is 18.6 Å². The molecule has 0 aliphatic heterocycles. The fourth-order valence-electron chi connectivity index (χ4n) is 2.16. The Morgan fingerprint density at radius 2 is 1.78 bits per heavy atom. The first-order chi connectivity index (χ1) is 11.1. The molecule has 0 aromatic heterocycles. The van der Waals surface area contributed by atoms with Crippen molar-refractivity contribution >= 4 is 17.3 Å². The van der Waals surface area contributed by atoms with E-state index in [-0.39, 0.29) is 18.6 Å². The van der Waals surface area contributed by atoms with Crippen LogP contribution < -0.4 is 15.4 Å². The van der Waals surface area contributed by atoms with E-state index in [0.717, 1.165) is 12.1 Å². The fraction of sp³-hybridized carbons (Fsp3) is 0.316. The largest absolute Gasteiger partial charge is 0.489 e. The zero-order valence-electron chi connectivity index (χ0n) is 13.9. The monoisotopic (exact) mass is 312 g/mol. The lowest BCUT2D eigenvalue weighted by atomic mass is 10.1. The number of anilines is 2. The summed E-state index contributed by atoms with van der Waals surface area (Å²) in [5.74, 6) is 0.576. The molecule has 0 radical (unpaired) electrons. The maximum absolute atomic E-state index is 12.1. The molecule has 2 N–H and O–H groups in total. The van der Waals surface area contributed by atoms with Crippen LogP contribution in [0.1, 0.15) is 26.3 Å². The van der Waals surface area contributed by atoms with Gasteiger partial charge in [-0.15, -0.1) is 0 Å². The van der Waals surface area contributed by atoms with Gasteiger partial charge in [0.25, 0.3) is 0 Å². The van der Waals surface area contributed by atoms with Gasteiger partial charge in [0.2, 0.25) is 5.91 Å². The highest BCUT2D eigenvalue weighted by atomic mass is 16.5. The first-order valence-electron chi connectivity index (χ1n) is 7.97. The molecular weight excluding hydrogens is 288 g/mol. The van der Waals surface area contributed by atoms with E-state index in [1.165, 1.54) is 5.56 Å². The van der Waals surface area contributed by atoms with Crippen LogP contribution in [0.15, 0.2) is 48.5 Å². The topological polar surface area (TPSA) is 50.4 Å². The second-order valence-electron chi connectivity index (χ2n) is 5.61. The molecule has 0 bridgehead atoms. The van der Waals surface area contributed by atoms with Gasteiger partial charge in [0.05, 0.1) is 18.3 Å². The van der Waals surface area contributed by atoms with Crippen LogP contribution in [0.4, 0.5) is 11.4 Å². The Labute approximate surface area is 137 Å². The normalized spacial score (nSPS) is 10.4. The summed E-state index contributed by atoms with van der Waals surface area (Å²) < 4.78 is 5.70. The predicted octanol–water partition coefficient (Wildman–Crippen LogP) is 4.09. The average Bonchev–Trinajstić information content (AvgIpc) is 2.55. The van der Waals surface area contributed by atoms with Crippen LogP contribution in [0.3, 0.4) is 0 Å². The number of amides is 1. The van der Waals surface area contributed by atoms with Crippen molar-refractivity contribution in [2.75, 3.05) is 17.2 Å². The van der Waals surface area contributed by atoms with Crippen molar-refractivity contribution in [3.8, 4) is 5.75 Å². The van der Waals surface area contributed by atoms with Gasteiger partial charge in [-0.3, -0.25) is 4.79 Å². The van der Waals surface area contributed by atoms with Crippen molar-refractivity contribution in [3.05, 3.63) is 54.1 Å². The van der Waals surface area contributed by atoms with Crippen molar-refractivity contribution in [3.63, 3.8) is 0 Å². The quantitative estimate of drug-likeness (QED) is 0.809. The van der Waals surface area contributed by atoms with Gasteiger partial charge in [0.15, 0.2) is 0 Å². The third-order valence-corrected chi connectivity index (χ3v) is 3.34.